The molecule has 0 saturated carbocycles. The molecule has 0 radical (unpaired) electrons. The molecule has 1 aromatic carbocycles. The highest BCUT2D eigenvalue weighted by Crippen LogP contribution is 2.17. The van der Waals surface area contributed by atoms with E-state index in [1.165, 1.54) is 0 Å². The Bertz CT molecular complexity index is 377. The van der Waals surface area contributed by atoms with Gasteiger partial charge in [0.1, 0.15) is 6.10 Å². The van der Waals surface area contributed by atoms with Crippen molar-refractivity contribution in [3.8, 4) is 0 Å². The predicted molar refractivity (Wildman–Crippen MR) is 65.8 cm³/mol. The summed E-state index contributed by atoms with van der Waals surface area (Å²) in [6.45, 7) is 1.09. The molecule has 18 heavy (non-hydrogen) atoms. The number of carbonyl (C=O) groups is 1. The number of rotatable bonds is 5. The maximum Gasteiger partial charge on any atom is 0.308 e. The van der Waals surface area contributed by atoms with E-state index < -0.39 is 6.10 Å². The van der Waals surface area contributed by atoms with Crippen LogP contribution in [0.1, 0.15) is 24.8 Å². The van der Waals surface area contributed by atoms with Gasteiger partial charge in [0.05, 0.1) is 25.7 Å². The average molecular weight is 250 g/mol. The summed E-state index contributed by atoms with van der Waals surface area (Å²) in [5, 5.41) is 9.44. The number of hydrogen-bond donors (Lipinski definition) is 1. The van der Waals surface area contributed by atoms with Gasteiger partial charge < -0.3 is 14.6 Å². The van der Waals surface area contributed by atoms with Crippen molar-refractivity contribution in [3.63, 3.8) is 0 Å². The Morgan fingerprint density at radius 3 is 2.83 bits per heavy atom. The van der Waals surface area contributed by atoms with E-state index in [2.05, 4.69) is 0 Å². The molecule has 2 atom stereocenters. The number of esters is 1. The summed E-state index contributed by atoms with van der Waals surface area (Å²) in [5.74, 6) is -0.318. The molecule has 1 N–H and O–H groups in total. The normalized spacial score (nSPS) is 23.7. The fourth-order valence-corrected chi connectivity index (χ4v) is 2.02. The van der Waals surface area contributed by atoms with Gasteiger partial charge in [-0.25, -0.2) is 0 Å². The minimum absolute atomic E-state index is 0.112. The topological polar surface area (TPSA) is 55.8 Å². The van der Waals surface area contributed by atoms with E-state index in [1.807, 2.05) is 30.3 Å². The van der Waals surface area contributed by atoms with Gasteiger partial charge in [0, 0.05) is 12.8 Å². The van der Waals surface area contributed by atoms with E-state index in [9.17, 15) is 9.90 Å². The predicted octanol–water partition coefficient (Wildman–Crippen LogP) is 1.66. The maximum absolute atomic E-state index is 11.1. The first-order valence-corrected chi connectivity index (χ1v) is 6.23. The lowest BCUT2D eigenvalue weighted by Gasteiger charge is -2.25. The van der Waals surface area contributed by atoms with Crippen LogP contribution >= 0.6 is 0 Å². The van der Waals surface area contributed by atoms with Crippen molar-refractivity contribution in [3.05, 3.63) is 35.9 Å². The Morgan fingerprint density at radius 2 is 2.11 bits per heavy atom. The minimum atomic E-state index is -0.564. The van der Waals surface area contributed by atoms with Gasteiger partial charge >= 0.3 is 5.97 Å². The molecule has 0 unspecified atom stereocenters. The van der Waals surface area contributed by atoms with Crippen molar-refractivity contribution in [1.29, 1.82) is 0 Å². The summed E-state index contributed by atoms with van der Waals surface area (Å²) in [7, 11) is 0. The molecule has 1 aliphatic heterocycles. The van der Waals surface area contributed by atoms with Crippen molar-refractivity contribution in [1.82, 2.24) is 0 Å². The molecule has 0 spiro atoms. The first-order chi connectivity index (χ1) is 8.74. The van der Waals surface area contributed by atoms with Crippen LogP contribution in [-0.2, 0) is 20.9 Å². The first kappa shape index (κ1) is 13.1. The van der Waals surface area contributed by atoms with Gasteiger partial charge in [0.2, 0.25) is 0 Å². The summed E-state index contributed by atoms with van der Waals surface area (Å²) in [6.07, 6.45) is 0.486. The molecular weight excluding hydrogens is 232 g/mol. The van der Waals surface area contributed by atoms with E-state index in [1.54, 1.807) is 0 Å². The first-order valence-electron chi connectivity index (χ1n) is 6.23. The Morgan fingerprint density at radius 1 is 1.33 bits per heavy atom. The number of ether oxygens (including phenoxy) is 2. The highest BCUT2D eigenvalue weighted by atomic mass is 16.5. The minimum Gasteiger partial charge on any atom is -0.462 e. The van der Waals surface area contributed by atoms with Crippen LogP contribution in [0.5, 0.6) is 0 Å². The Hall–Kier alpha value is -1.39. The van der Waals surface area contributed by atoms with E-state index in [4.69, 9.17) is 9.47 Å². The van der Waals surface area contributed by atoms with E-state index in [0.29, 0.717) is 26.1 Å². The Balaban J connectivity index is 1.65. The number of carbonyl (C=O) groups excluding carboxylic acids is 1. The van der Waals surface area contributed by atoms with Crippen LogP contribution in [0, 0.1) is 0 Å². The Kier molecular flexibility index (Phi) is 4.73. The third kappa shape index (κ3) is 4.13. The quantitative estimate of drug-likeness (QED) is 0.638. The molecule has 1 saturated heterocycles. The molecular formula is C14H18O4. The smallest absolute Gasteiger partial charge is 0.308 e. The van der Waals surface area contributed by atoms with E-state index >= 15 is 0 Å². The molecule has 0 aromatic heterocycles. The van der Waals surface area contributed by atoms with Crippen LogP contribution < -0.4 is 0 Å². The summed E-state index contributed by atoms with van der Waals surface area (Å²) in [5.41, 5.74) is 1.12. The summed E-state index contributed by atoms with van der Waals surface area (Å²) >= 11 is 0. The van der Waals surface area contributed by atoms with Gasteiger partial charge in [-0.3, -0.25) is 4.79 Å². The molecule has 4 nitrogen and oxygen atoms in total. The molecule has 1 aromatic rings. The van der Waals surface area contributed by atoms with Crippen molar-refractivity contribution in [2.45, 2.75) is 38.1 Å². The zero-order valence-electron chi connectivity index (χ0n) is 10.2. The monoisotopic (exact) mass is 250 g/mol. The third-order valence-electron chi connectivity index (χ3n) is 2.93. The van der Waals surface area contributed by atoms with Crippen LogP contribution in [0.25, 0.3) is 0 Å². The van der Waals surface area contributed by atoms with Crippen molar-refractivity contribution < 1.29 is 19.4 Å². The van der Waals surface area contributed by atoms with Crippen LogP contribution in [0.3, 0.4) is 0 Å². The number of aliphatic hydroxyl groups excluding tert-OH is 1. The lowest BCUT2D eigenvalue weighted by atomic mass is 10.0. The summed E-state index contributed by atoms with van der Waals surface area (Å²) in [6, 6.07) is 9.91. The van der Waals surface area contributed by atoms with Crippen LogP contribution in [0.4, 0.5) is 0 Å². The van der Waals surface area contributed by atoms with Crippen LogP contribution in [0.15, 0.2) is 30.3 Å². The second-order valence-corrected chi connectivity index (χ2v) is 4.53. The van der Waals surface area contributed by atoms with Crippen molar-refractivity contribution in [2.75, 3.05) is 6.61 Å². The number of cyclic esters (lactones) is 1. The van der Waals surface area contributed by atoms with Crippen molar-refractivity contribution >= 4 is 5.97 Å². The highest BCUT2D eigenvalue weighted by Gasteiger charge is 2.26. The molecule has 1 aliphatic rings. The fourth-order valence-electron chi connectivity index (χ4n) is 2.02. The lowest BCUT2D eigenvalue weighted by Crippen LogP contribution is -2.33. The van der Waals surface area contributed by atoms with Gasteiger partial charge in [-0.1, -0.05) is 30.3 Å². The van der Waals surface area contributed by atoms with Crippen LogP contribution in [0.2, 0.25) is 0 Å². The molecule has 0 bridgehead atoms. The molecule has 1 heterocycles. The number of aliphatic hydroxyl groups is 1. The molecule has 2 rings (SSSR count). The molecule has 4 heteroatoms. The average Bonchev–Trinajstić information content (AvgIpc) is 2.35. The van der Waals surface area contributed by atoms with Crippen molar-refractivity contribution in [2.24, 2.45) is 0 Å². The maximum atomic E-state index is 11.1. The second kappa shape index (κ2) is 6.52. The number of benzene rings is 1. The van der Waals surface area contributed by atoms with E-state index in [0.717, 1.165) is 5.56 Å². The molecule has 0 aliphatic carbocycles. The van der Waals surface area contributed by atoms with Crippen LogP contribution in [-0.4, -0.2) is 29.9 Å². The van der Waals surface area contributed by atoms with Gasteiger partial charge in [-0.05, 0) is 5.56 Å². The van der Waals surface area contributed by atoms with Gasteiger partial charge in [-0.2, -0.15) is 0 Å². The van der Waals surface area contributed by atoms with Gasteiger partial charge in [0.15, 0.2) is 0 Å². The number of hydrogen-bond acceptors (Lipinski definition) is 4. The molecule has 98 valence electrons. The lowest BCUT2D eigenvalue weighted by molar-refractivity contribution is -0.161. The van der Waals surface area contributed by atoms with Gasteiger partial charge in [-0.15, -0.1) is 0 Å². The summed E-state index contributed by atoms with van der Waals surface area (Å²) < 4.78 is 10.7. The standard InChI is InChI=1S/C14H18O4/c15-12-8-13(18-14(16)9-12)6-7-17-10-11-4-2-1-3-5-11/h1-5,12-13,15H,6-10H2/t12-,13-/m1/s1. The second-order valence-electron chi connectivity index (χ2n) is 4.53. The molecule has 0 amide bonds. The molecule has 1 fully saturated rings. The SMILES string of the molecule is O=C1C[C@H](O)C[C@@H](CCOCc2ccccc2)O1. The Labute approximate surface area is 107 Å². The third-order valence-corrected chi connectivity index (χ3v) is 2.93. The van der Waals surface area contributed by atoms with Gasteiger partial charge in [0.25, 0.3) is 0 Å². The largest absolute Gasteiger partial charge is 0.462 e. The van der Waals surface area contributed by atoms with E-state index in [-0.39, 0.29) is 18.5 Å². The summed E-state index contributed by atoms with van der Waals surface area (Å²) in [4.78, 5) is 11.1. The zero-order valence-corrected chi connectivity index (χ0v) is 10.2. The fraction of sp³-hybridized carbons (Fsp3) is 0.500. The zero-order chi connectivity index (χ0) is 12.8. The highest BCUT2D eigenvalue weighted by molar-refractivity contribution is 5.70.